The second-order valence-corrected chi connectivity index (χ2v) is 6.16. The largest absolute Gasteiger partial charge is 0.369 e. The van der Waals surface area contributed by atoms with Gasteiger partial charge in [0.2, 0.25) is 5.91 Å². The molecule has 1 amide bonds. The molecular weight excluding hydrogens is 262 g/mol. The SMILES string of the molecule is CCC(N)C(c1ccccc1C)N(CC(N)=O)CC(C)C. The summed E-state index contributed by atoms with van der Waals surface area (Å²) < 4.78 is 0. The Morgan fingerprint density at radius 1 is 1.29 bits per heavy atom. The Balaban J connectivity index is 3.19. The first-order valence-corrected chi connectivity index (χ1v) is 7.70. The minimum Gasteiger partial charge on any atom is -0.369 e. The minimum absolute atomic E-state index is 0.0195. The number of primary amides is 1. The molecule has 0 radical (unpaired) electrons. The fraction of sp³-hybridized carbons (Fsp3) is 0.588. The molecule has 0 fully saturated rings. The fourth-order valence-electron chi connectivity index (χ4n) is 2.79. The lowest BCUT2D eigenvalue weighted by atomic mass is 9.92. The van der Waals surface area contributed by atoms with Crippen molar-refractivity contribution >= 4 is 5.91 Å². The van der Waals surface area contributed by atoms with Crippen molar-refractivity contribution in [2.24, 2.45) is 17.4 Å². The molecule has 0 saturated heterocycles. The molecule has 0 aliphatic rings. The van der Waals surface area contributed by atoms with Gasteiger partial charge in [-0.3, -0.25) is 9.69 Å². The molecule has 118 valence electrons. The quantitative estimate of drug-likeness (QED) is 0.771. The molecule has 1 aromatic rings. The van der Waals surface area contributed by atoms with E-state index in [0.717, 1.165) is 13.0 Å². The van der Waals surface area contributed by atoms with E-state index in [0.29, 0.717) is 5.92 Å². The Hall–Kier alpha value is -1.39. The van der Waals surface area contributed by atoms with Crippen LogP contribution < -0.4 is 11.5 Å². The summed E-state index contributed by atoms with van der Waals surface area (Å²) in [5, 5.41) is 0. The van der Waals surface area contributed by atoms with Crippen molar-refractivity contribution in [3.05, 3.63) is 35.4 Å². The maximum Gasteiger partial charge on any atom is 0.231 e. The molecule has 1 rings (SSSR count). The predicted molar refractivity (Wildman–Crippen MR) is 87.8 cm³/mol. The second kappa shape index (κ2) is 8.15. The Kier molecular flexibility index (Phi) is 6.85. The fourth-order valence-corrected chi connectivity index (χ4v) is 2.79. The Morgan fingerprint density at radius 3 is 2.38 bits per heavy atom. The van der Waals surface area contributed by atoms with Crippen molar-refractivity contribution in [2.45, 2.75) is 46.2 Å². The van der Waals surface area contributed by atoms with Gasteiger partial charge in [0, 0.05) is 12.6 Å². The standard InChI is InChI=1S/C17H29N3O/c1-5-15(18)17(14-9-7-6-8-13(14)4)20(10-12(2)3)11-16(19)21/h6-9,12,15,17H,5,10-11,18H2,1-4H3,(H2,19,21). The van der Waals surface area contributed by atoms with E-state index in [9.17, 15) is 4.79 Å². The smallest absolute Gasteiger partial charge is 0.231 e. The first-order valence-electron chi connectivity index (χ1n) is 7.70. The molecule has 0 spiro atoms. The van der Waals surface area contributed by atoms with Crippen molar-refractivity contribution in [3.8, 4) is 0 Å². The van der Waals surface area contributed by atoms with E-state index < -0.39 is 0 Å². The number of carbonyl (C=O) groups excluding carboxylic acids is 1. The van der Waals surface area contributed by atoms with E-state index in [2.05, 4.69) is 44.7 Å². The van der Waals surface area contributed by atoms with Crippen LogP contribution in [-0.2, 0) is 4.79 Å². The van der Waals surface area contributed by atoms with E-state index >= 15 is 0 Å². The van der Waals surface area contributed by atoms with Gasteiger partial charge >= 0.3 is 0 Å². The number of amides is 1. The zero-order chi connectivity index (χ0) is 16.0. The second-order valence-electron chi connectivity index (χ2n) is 6.16. The van der Waals surface area contributed by atoms with Crippen LogP contribution in [0, 0.1) is 12.8 Å². The molecule has 4 heteroatoms. The summed E-state index contributed by atoms with van der Waals surface area (Å²) in [5.74, 6) is 0.137. The van der Waals surface area contributed by atoms with Crippen LogP contribution in [0.1, 0.15) is 44.4 Å². The lowest BCUT2D eigenvalue weighted by Gasteiger charge is -2.36. The first-order chi connectivity index (χ1) is 9.86. The van der Waals surface area contributed by atoms with Gasteiger partial charge in [-0.2, -0.15) is 0 Å². The van der Waals surface area contributed by atoms with Crippen molar-refractivity contribution in [3.63, 3.8) is 0 Å². The predicted octanol–water partition coefficient (Wildman–Crippen LogP) is 2.22. The third-order valence-electron chi connectivity index (χ3n) is 3.74. The van der Waals surface area contributed by atoms with E-state index in [4.69, 9.17) is 11.5 Å². The van der Waals surface area contributed by atoms with Crippen molar-refractivity contribution in [2.75, 3.05) is 13.1 Å². The zero-order valence-electron chi connectivity index (χ0n) is 13.7. The number of nitrogens with zero attached hydrogens (tertiary/aromatic N) is 1. The van der Waals surface area contributed by atoms with Gasteiger partial charge in [0.1, 0.15) is 0 Å². The van der Waals surface area contributed by atoms with E-state index in [1.807, 2.05) is 12.1 Å². The Morgan fingerprint density at radius 2 is 1.90 bits per heavy atom. The van der Waals surface area contributed by atoms with Crippen molar-refractivity contribution < 1.29 is 4.79 Å². The zero-order valence-corrected chi connectivity index (χ0v) is 13.7. The lowest BCUT2D eigenvalue weighted by molar-refractivity contribution is -0.120. The number of hydrogen-bond acceptors (Lipinski definition) is 3. The number of hydrogen-bond donors (Lipinski definition) is 2. The van der Waals surface area contributed by atoms with E-state index in [-0.39, 0.29) is 24.5 Å². The van der Waals surface area contributed by atoms with Crippen LogP contribution in [0.2, 0.25) is 0 Å². The molecule has 1 aromatic carbocycles. The van der Waals surface area contributed by atoms with Crippen LogP contribution in [-0.4, -0.2) is 29.9 Å². The van der Waals surface area contributed by atoms with Crippen molar-refractivity contribution in [1.82, 2.24) is 4.90 Å². The van der Waals surface area contributed by atoms with Crippen LogP contribution in [0.4, 0.5) is 0 Å². The third-order valence-corrected chi connectivity index (χ3v) is 3.74. The van der Waals surface area contributed by atoms with Gasteiger partial charge in [-0.25, -0.2) is 0 Å². The molecule has 0 bridgehead atoms. The van der Waals surface area contributed by atoms with Crippen LogP contribution in [0.25, 0.3) is 0 Å². The molecule has 0 heterocycles. The van der Waals surface area contributed by atoms with Gasteiger partial charge in [0.25, 0.3) is 0 Å². The average molecular weight is 291 g/mol. The van der Waals surface area contributed by atoms with Crippen LogP contribution >= 0.6 is 0 Å². The molecule has 2 unspecified atom stereocenters. The number of nitrogens with two attached hydrogens (primary N) is 2. The highest BCUT2D eigenvalue weighted by molar-refractivity contribution is 5.76. The Bertz CT molecular complexity index is 459. The van der Waals surface area contributed by atoms with Crippen LogP contribution in [0.3, 0.4) is 0 Å². The summed E-state index contributed by atoms with van der Waals surface area (Å²) in [6, 6.07) is 8.23. The summed E-state index contributed by atoms with van der Waals surface area (Å²) in [6.07, 6.45) is 0.854. The minimum atomic E-state index is -0.308. The summed E-state index contributed by atoms with van der Waals surface area (Å²) in [7, 11) is 0. The number of benzene rings is 1. The average Bonchev–Trinajstić information content (AvgIpc) is 2.39. The number of aryl methyl sites for hydroxylation is 1. The van der Waals surface area contributed by atoms with Gasteiger partial charge in [-0.15, -0.1) is 0 Å². The number of rotatable bonds is 8. The molecule has 4 N–H and O–H groups in total. The highest BCUT2D eigenvalue weighted by Crippen LogP contribution is 2.28. The van der Waals surface area contributed by atoms with Crippen molar-refractivity contribution in [1.29, 1.82) is 0 Å². The van der Waals surface area contributed by atoms with E-state index in [1.54, 1.807) is 0 Å². The summed E-state index contributed by atoms with van der Waals surface area (Å²) in [5.41, 5.74) is 14.2. The molecular formula is C17H29N3O. The maximum atomic E-state index is 11.5. The van der Waals surface area contributed by atoms with Gasteiger partial charge in [-0.1, -0.05) is 45.0 Å². The number of carbonyl (C=O) groups is 1. The van der Waals surface area contributed by atoms with Crippen LogP contribution in [0.15, 0.2) is 24.3 Å². The van der Waals surface area contributed by atoms with Gasteiger partial charge in [0.15, 0.2) is 0 Å². The normalized spacial score (nSPS) is 14.4. The van der Waals surface area contributed by atoms with E-state index in [1.165, 1.54) is 11.1 Å². The van der Waals surface area contributed by atoms with Gasteiger partial charge < -0.3 is 11.5 Å². The molecule has 0 saturated carbocycles. The molecule has 21 heavy (non-hydrogen) atoms. The van der Waals surface area contributed by atoms with Gasteiger partial charge in [0.05, 0.1) is 12.6 Å². The van der Waals surface area contributed by atoms with Crippen LogP contribution in [0.5, 0.6) is 0 Å². The summed E-state index contributed by atoms with van der Waals surface area (Å²) in [6.45, 7) is 9.48. The third kappa shape index (κ3) is 5.14. The highest BCUT2D eigenvalue weighted by Gasteiger charge is 2.28. The molecule has 4 nitrogen and oxygen atoms in total. The van der Waals surface area contributed by atoms with Gasteiger partial charge in [-0.05, 0) is 30.4 Å². The molecule has 0 aromatic heterocycles. The molecule has 0 aliphatic heterocycles. The molecule has 2 atom stereocenters. The molecule has 0 aliphatic carbocycles. The maximum absolute atomic E-state index is 11.5. The highest BCUT2D eigenvalue weighted by atomic mass is 16.1. The Labute approximate surface area is 128 Å². The topological polar surface area (TPSA) is 72.3 Å². The summed E-state index contributed by atoms with van der Waals surface area (Å²) >= 11 is 0. The summed E-state index contributed by atoms with van der Waals surface area (Å²) in [4.78, 5) is 13.6. The first kappa shape index (κ1) is 17.7. The monoisotopic (exact) mass is 291 g/mol. The lowest BCUT2D eigenvalue weighted by Crippen LogP contribution is -2.46.